The third-order valence-electron chi connectivity index (χ3n) is 4.54. The Bertz CT molecular complexity index is 574. The number of amides is 1. The average molecular weight is 395 g/mol. The van der Waals surface area contributed by atoms with Gasteiger partial charge in [-0.1, -0.05) is 44.2 Å². The largest absolute Gasteiger partial charge is 0.461 e. The van der Waals surface area contributed by atoms with Gasteiger partial charge in [0.15, 0.2) is 6.04 Å². The van der Waals surface area contributed by atoms with Crippen molar-refractivity contribution in [3.63, 3.8) is 0 Å². The maximum atomic E-state index is 12.5. The second kappa shape index (κ2) is 13.3. The molecule has 0 aliphatic heterocycles. The molecule has 0 saturated carbocycles. The van der Waals surface area contributed by atoms with Crippen LogP contribution in [-0.2, 0) is 20.7 Å². The first-order valence-corrected chi connectivity index (χ1v) is 9.78. The lowest BCUT2D eigenvalue weighted by molar-refractivity contribution is -0.155. The van der Waals surface area contributed by atoms with E-state index < -0.39 is 43.7 Å². The number of carbonyl (C=O) groups excluding carboxylic acids is 2. The standard InChI is InChI=1S/C21H33NO6/c1-15(2)8-10-18(11-9-16-6-4-3-5-7-16)28-21(27)19(14-25)22-20(26)17(12-23)13-24/h3-7,15,17-19,23-25H,8-14H2,1-2H3,(H,22,26)/t18-,19?/m1/s1. The van der Waals surface area contributed by atoms with Crippen molar-refractivity contribution >= 4 is 11.9 Å². The molecule has 1 aromatic carbocycles. The Balaban J connectivity index is 2.69. The number of hydrogen-bond donors (Lipinski definition) is 4. The Morgan fingerprint density at radius 3 is 2.14 bits per heavy atom. The van der Waals surface area contributed by atoms with Gasteiger partial charge in [-0.05, 0) is 37.2 Å². The van der Waals surface area contributed by atoms with Crippen LogP contribution in [0.3, 0.4) is 0 Å². The molecule has 158 valence electrons. The third kappa shape index (κ3) is 8.82. The van der Waals surface area contributed by atoms with Gasteiger partial charge in [0.25, 0.3) is 0 Å². The maximum absolute atomic E-state index is 12.5. The Hall–Kier alpha value is -1.96. The van der Waals surface area contributed by atoms with Crippen molar-refractivity contribution in [3.05, 3.63) is 35.9 Å². The summed E-state index contributed by atoms with van der Waals surface area (Å²) >= 11 is 0. The minimum atomic E-state index is -1.23. The van der Waals surface area contributed by atoms with Crippen LogP contribution in [-0.4, -0.2) is 59.2 Å². The Morgan fingerprint density at radius 2 is 1.61 bits per heavy atom. The van der Waals surface area contributed by atoms with Gasteiger partial charge in [-0.15, -0.1) is 0 Å². The lowest BCUT2D eigenvalue weighted by atomic mass is 9.99. The number of aliphatic hydroxyl groups excluding tert-OH is 3. The molecule has 0 saturated heterocycles. The van der Waals surface area contributed by atoms with Crippen LogP contribution in [0.2, 0.25) is 0 Å². The van der Waals surface area contributed by atoms with E-state index in [-0.39, 0.29) is 6.10 Å². The molecule has 4 N–H and O–H groups in total. The van der Waals surface area contributed by atoms with Crippen LogP contribution in [0.5, 0.6) is 0 Å². The second-order valence-electron chi connectivity index (χ2n) is 7.36. The molecule has 0 bridgehead atoms. The number of nitrogens with one attached hydrogen (secondary N) is 1. The van der Waals surface area contributed by atoms with E-state index in [9.17, 15) is 14.7 Å². The van der Waals surface area contributed by atoms with Gasteiger partial charge in [-0.25, -0.2) is 4.79 Å². The fraction of sp³-hybridized carbons (Fsp3) is 0.619. The van der Waals surface area contributed by atoms with E-state index in [0.29, 0.717) is 18.8 Å². The Morgan fingerprint density at radius 1 is 0.964 bits per heavy atom. The molecule has 2 atom stereocenters. The van der Waals surface area contributed by atoms with Gasteiger partial charge in [-0.3, -0.25) is 4.79 Å². The summed E-state index contributed by atoms with van der Waals surface area (Å²) in [7, 11) is 0. The van der Waals surface area contributed by atoms with Crippen molar-refractivity contribution in [2.75, 3.05) is 19.8 Å². The fourth-order valence-electron chi connectivity index (χ4n) is 2.69. The van der Waals surface area contributed by atoms with E-state index in [4.69, 9.17) is 14.9 Å². The topological polar surface area (TPSA) is 116 Å². The average Bonchev–Trinajstić information content (AvgIpc) is 2.69. The highest BCUT2D eigenvalue weighted by Crippen LogP contribution is 2.16. The molecule has 0 heterocycles. The van der Waals surface area contributed by atoms with Gasteiger partial charge in [-0.2, -0.15) is 0 Å². The molecule has 1 amide bonds. The summed E-state index contributed by atoms with van der Waals surface area (Å²) in [6, 6.07) is 8.66. The number of esters is 1. The highest BCUT2D eigenvalue weighted by molar-refractivity contribution is 5.86. The van der Waals surface area contributed by atoms with Crippen LogP contribution in [0.25, 0.3) is 0 Å². The summed E-state index contributed by atoms with van der Waals surface area (Å²) in [5.41, 5.74) is 1.15. The Kier molecular flexibility index (Phi) is 11.4. The van der Waals surface area contributed by atoms with Crippen LogP contribution in [0.15, 0.2) is 30.3 Å². The predicted molar refractivity (Wildman–Crippen MR) is 105 cm³/mol. The Labute approximate surface area is 166 Å². The quantitative estimate of drug-likeness (QED) is 0.371. The SMILES string of the molecule is CC(C)CC[C@H](CCc1ccccc1)OC(=O)C(CO)NC(=O)C(CO)CO. The molecule has 28 heavy (non-hydrogen) atoms. The van der Waals surface area contributed by atoms with Crippen molar-refractivity contribution in [2.24, 2.45) is 11.8 Å². The van der Waals surface area contributed by atoms with Gasteiger partial charge >= 0.3 is 5.97 Å². The molecule has 0 fully saturated rings. The highest BCUT2D eigenvalue weighted by Gasteiger charge is 2.27. The van der Waals surface area contributed by atoms with Crippen LogP contribution < -0.4 is 5.32 Å². The summed E-state index contributed by atoms with van der Waals surface area (Å²) < 4.78 is 5.58. The van der Waals surface area contributed by atoms with Gasteiger partial charge in [0.1, 0.15) is 6.10 Å². The summed E-state index contributed by atoms with van der Waals surface area (Å²) in [5, 5.41) is 29.9. The van der Waals surface area contributed by atoms with E-state index in [0.717, 1.165) is 18.4 Å². The first kappa shape index (κ1) is 24.1. The molecular weight excluding hydrogens is 362 g/mol. The highest BCUT2D eigenvalue weighted by atomic mass is 16.5. The van der Waals surface area contributed by atoms with E-state index >= 15 is 0 Å². The van der Waals surface area contributed by atoms with Crippen LogP contribution in [0, 0.1) is 11.8 Å². The van der Waals surface area contributed by atoms with Gasteiger partial charge in [0, 0.05) is 0 Å². The zero-order valence-electron chi connectivity index (χ0n) is 16.7. The van der Waals surface area contributed by atoms with Crippen molar-refractivity contribution in [1.82, 2.24) is 5.32 Å². The second-order valence-corrected chi connectivity index (χ2v) is 7.36. The smallest absolute Gasteiger partial charge is 0.331 e. The molecular formula is C21H33NO6. The zero-order chi connectivity index (χ0) is 20.9. The number of rotatable bonds is 13. The van der Waals surface area contributed by atoms with E-state index in [1.165, 1.54) is 0 Å². The third-order valence-corrected chi connectivity index (χ3v) is 4.54. The molecule has 0 aliphatic rings. The van der Waals surface area contributed by atoms with Gasteiger partial charge in [0.05, 0.1) is 25.7 Å². The zero-order valence-corrected chi connectivity index (χ0v) is 16.7. The fourth-order valence-corrected chi connectivity index (χ4v) is 2.69. The molecule has 7 nitrogen and oxygen atoms in total. The number of aryl methyl sites for hydroxylation is 1. The van der Waals surface area contributed by atoms with Crippen molar-refractivity contribution in [3.8, 4) is 0 Å². The molecule has 1 unspecified atom stereocenters. The minimum Gasteiger partial charge on any atom is -0.461 e. The lowest BCUT2D eigenvalue weighted by Crippen LogP contribution is -2.48. The number of aliphatic hydroxyl groups is 3. The summed E-state index contributed by atoms with van der Waals surface area (Å²) in [5.74, 6) is -2.01. The predicted octanol–water partition coefficient (Wildman–Crippen LogP) is 1.05. The lowest BCUT2D eigenvalue weighted by Gasteiger charge is -2.23. The normalized spacial score (nSPS) is 13.4. The van der Waals surface area contributed by atoms with Gasteiger partial charge < -0.3 is 25.4 Å². The molecule has 0 aromatic heterocycles. The van der Waals surface area contributed by atoms with Crippen LogP contribution >= 0.6 is 0 Å². The van der Waals surface area contributed by atoms with Crippen LogP contribution in [0.4, 0.5) is 0 Å². The van der Waals surface area contributed by atoms with E-state index in [1.807, 2.05) is 30.3 Å². The monoisotopic (exact) mass is 395 g/mol. The molecule has 7 heteroatoms. The van der Waals surface area contributed by atoms with Crippen LogP contribution in [0.1, 0.15) is 38.7 Å². The number of carbonyl (C=O) groups is 2. The van der Waals surface area contributed by atoms with Crippen molar-refractivity contribution in [1.29, 1.82) is 0 Å². The van der Waals surface area contributed by atoms with Crippen molar-refractivity contribution in [2.45, 2.75) is 51.7 Å². The molecule has 0 radical (unpaired) electrons. The first-order chi connectivity index (χ1) is 13.4. The molecule has 1 rings (SSSR count). The summed E-state index contributed by atoms with van der Waals surface area (Å²) in [6.45, 7) is 2.46. The van der Waals surface area contributed by atoms with Crippen molar-refractivity contribution < 1.29 is 29.6 Å². The van der Waals surface area contributed by atoms with E-state index in [2.05, 4.69) is 19.2 Å². The van der Waals surface area contributed by atoms with E-state index in [1.54, 1.807) is 0 Å². The summed E-state index contributed by atoms with van der Waals surface area (Å²) in [4.78, 5) is 24.4. The number of ether oxygens (including phenoxy) is 1. The maximum Gasteiger partial charge on any atom is 0.331 e. The first-order valence-electron chi connectivity index (χ1n) is 9.78. The molecule has 0 spiro atoms. The minimum absolute atomic E-state index is 0.326. The van der Waals surface area contributed by atoms with Gasteiger partial charge in [0.2, 0.25) is 5.91 Å². The number of hydrogen-bond acceptors (Lipinski definition) is 6. The molecule has 0 aliphatic carbocycles. The molecule has 1 aromatic rings. The summed E-state index contributed by atoms with van der Waals surface area (Å²) in [6.07, 6.45) is 2.65. The number of benzene rings is 1.